The molecule has 0 spiro atoms. The first-order valence-electron chi connectivity index (χ1n) is 7.36. The Morgan fingerprint density at radius 3 is 2.75 bits per heavy atom. The summed E-state index contributed by atoms with van der Waals surface area (Å²) in [5, 5.41) is 12.3. The van der Waals surface area contributed by atoms with Gasteiger partial charge in [0.2, 0.25) is 0 Å². The van der Waals surface area contributed by atoms with Gasteiger partial charge in [-0.2, -0.15) is 0 Å². The van der Waals surface area contributed by atoms with E-state index in [1.165, 1.54) is 0 Å². The van der Waals surface area contributed by atoms with Crippen molar-refractivity contribution in [1.82, 2.24) is 9.88 Å². The largest absolute Gasteiger partial charge is 0.395 e. The molecular weight excluding hydrogens is 254 g/mol. The first kappa shape index (κ1) is 14.8. The molecule has 1 amide bonds. The molecule has 1 aromatic rings. The van der Waals surface area contributed by atoms with Crippen LogP contribution in [0.3, 0.4) is 0 Å². The number of aliphatic hydroxyl groups is 1. The van der Waals surface area contributed by atoms with Crippen molar-refractivity contribution >= 4 is 11.7 Å². The summed E-state index contributed by atoms with van der Waals surface area (Å²) in [7, 11) is 0. The van der Waals surface area contributed by atoms with E-state index >= 15 is 0 Å². The number of hydrogen-bond acceptors (Lipinski definition) is 4. The molecular formula is C15H23N3O2. The quantitative estimate of drug-likeness (QED) is 0.795. The molecule has 0 atom stereocenters. The number of nitrogens with one attached hydrogen (secondary N) is 1. The predicted molar refractivity (Wildman–Crippen MR) is 78.9 cm³/mol. The minimum atomic E-state index is -0.00203. The third-order valence-corrected chi connectivity index (χ3v) is 3.43. The van der Waals surface area contributed by atoms with Crippen LogP contribution in [0.25, 0.3) is 0 Å². The van der Waals surface area contributed by atoms with E-state index in [2.05, 4.69) is 10.3 Å². The third kappa shape index (κ3) is 3.48. The Morgan fingerprint density at radius 1 is 1.45 bits per heavy atom. The van der Waals surface area contributed by atoms with Crippen LogP contribution in [-0.2, 0) is 6.42 Å². The number of hydrogen-bond donors (Lipinski definition) is 2. The molecule has 2 N–H and O–H groups in total. The number of nitrogens with zero attached hydrogens (tertiary/aromatic N) is 2. The summed E-state index contributed by atoms with van der Waals surface area (Å²) in [5.41, 5.74) is 1.57. The Kier molecular flexibility index (Phi) is 4.95. The Labute approximate surface area is 120 Å². The molecule has 2 rings (SSSR count). The summed E-state index contributed by atoms with van der Waals surface area (Å²) in [6, 6.07) is 3.96. The van der Waals surface area contributed by atoms with E-state index in [0.717, 1.165) is 37.3 Å². The van der Waals surface area contributed by atoms with Gasteiger partial charge in [0.25, 0.3) is 5.91 Å². The number of carbonyl (C=O) groups is 1. The van der Waals surface area contributed by atoms with Gasteiger partial charge in [-0.3, -0.25) is 4.79 Å². The average Bonchev–Trinajstić information content (AvgIpc) is 3.28. The van der Waals surface area contributed by atoms with Crippen LogP contribution in [-0.4, -0.2) is 46.6 Å². The van der Waals surface area contributed by atoms with Crippen molar-refractivity contribution < 1.29 is 9.90 Å². The van der Waals surface area contributed by atoms with Crippen LogP contribution in [0.4, 0.5) is 5.82 Å². The highest BCUT2D eigenvalue weighted by atomic mass is 16.3. The van der Waals surface area contributed by atoms with Crippen molar-refractivity contribution in [2.75, 3.05) is 25.0 Å². The second-order valence-corrected chi connectivity index (χ2v) is 5.07. The van der Waals surface area contributed by atoms with Crippen LogP contribution in [0.1, 0.15) is 42.7 Å². The number of rotatable bonds is 7. The Bertz CT molecular complexity index is 472. The molecule has 5 nitrogen and oxygen atoms in total. The molecule has 110 valence electrons. The Balaban J connectivity index is 2.24. The second-order valence-electron chi connectivity index (χ2n) is 5.07. The summed E-state index contributed by atoms with van der Waals surface area (Å²) in [4.78, 5) is 18.8. The molecule has 20 heavy (non-hydrogen) atoms. The van der Waals surface area contributed by atoms with E-state index < -0.39 is 0 Å². The highest BCUT2D eigenvalue weighted by molar-refractivity contribution is 5.95. The molecule has 0 aliphatic heterocycles. The number of pyridine rings is 1. The molecule has 0 aromatic carbocycles. The third-order valence-electron chi connectivity index (χ3n) is 3.43. The maximum atomic E-state index is 12.6. The van der Waals surface area contributed by atoms with Gasteiger partial charge < -0.3 is 15.3 Å². The molecule has 1 heterocycles. The van der Waals surface area contributed by atoms with Gasteiger partial charge in [-0.1, -0.05) is 6.92 Å². The van der Waals surface area contributed by atoms with Crippen LogP contribution < -0.4 is 5.32 Å². The van der Waals surface area contributed by atoms with Crippen LogP contribution in [0.2, 0.25) is 0 Å². The maximum absolute atomic E-state index is 12.6. The lowest BCUT2D eigenvalue weighted by Crippen LogP contribution is -2.35. The van der Waals surface area contributed by atoms with Crippen LogP contribution in [0.5, 0.6) is 0 Å². The molecule has 1 aromatic heterocycles. The lowest BCUT2D eigenvalue weighted by atomic mass is 10.1. The van der Waals surface area contributed by atoms with E-state index in [0.29, 0.717) is 18.2 Å². The van der Waals surface area contributed by atoms with Gasteiger partial charge in [0, 0.05) is 30.4 Å². The number of anilines is 1. The number of amides is 1. The Morgan fingerprint density at radius 2 is 2.20 bits per heavy atom. The molecule has 1 aliphatic rings. The van der Waals surface area contributed by atoms with Gasteiger partial charge >= 0.3 is 0 Å². The fourth-order valence-corrected chi connectivity index (χ4v) is 2.27. The van der Waals surface area contributed by atoms with Gasteiger partial charge in [0.15, 0.2) is 0 Å². The summed E-state index contributed by atoms with van der Waals surface area (Å²) < 4.78 is 0. The number of aryl methyl sites for hydroxylation is 1. The van der Waals surface area contributed by atoms with E-state index in [9.17, 15) is 4.79 Å². The number of carbonyl (C=O) groups excluding carboxylic acids is 1. The topological polar surface area (TPSA) is 65.5 Å². The van der Waals surface area contributed by atoms with Crippen molar-refractivity contribution in [3.63, 3.8) is 0 Å². The van der Waals surface area contributed by atoms with Gasteiger partial charge in [-0.15, -0.1) is 0 Å². The van der Waals surface area contributed by atoms with Gasteiger partial charge in [0.05, 0.1) is 6.61 Å². The molecule has 1 aliphatic carbocycles. The molecule has 0 unspecified atom stereocenters. The molecule has 1 saturated carbocycles. The zero-order chi connectivity index (χ0) is 14.5. The highest BCUT2D eigenvalue weighted by Crippen LogP contribution is 2.28. The van der Waals surface area contributed by atoms with Crippen LogP contribution in [0, 0.1) is 0 Å². The zero-order valence-corrected chi connectivity index (χ0v) is 12.2. The minimum Gasteiger partial charge on any atom is -0.395 e. The number of aliphatic hydroxyl groups excluding tert-OH is 1. The summed E-state index contributed by atoms with van der Waals surface area (Å²) in [6.07, 6.45) is 2.87. The van der Waals surface area contributed by atoms with Gasteiger partial charge in [-0.05, 0) is 38.3 Å². The standard InChI is InChI=1S/C15H23N3O2/c1-3-12-9-11(10-14(17-12)16-4-2)15(20)18(7-8-19)13-5-6-13/h9-10,13,19H,3-8H2,1-2H3,(H,16,17). The summed E-state index contributed by atoms with van der Waals surface area (Å²) in [5.74, 6) is 0.743. The second kappa shape index (κ2) is 6.70. The van der Waals surface area contributed by atoms with Crippen molar-refractivity contribution in [3.05, 3.63) is 23.4 Å². The van der Waals surface area contributed by atoms with Gasteiger partial charge in [-0.25, -0.2) is 4.98 Å². The fourth-order valence-electron chi connectivity index (χ4n) is 2.27. The van der Waals surface area contributed by atoms with E-state index in [1.807, 2.05) is 19.9 Å². The van der Waals surface area contributed by atoms with Crippen molar-refractivity contribution in [3.8, 4) is 0 Å². The normalized spacial score (nSPS) is 14.2. The monoisotopic (exact) mass is 277 g/mol. The summed E-state index contributed by atoms with van der Waals surface area (Å²) >= 11 is 0. The molecule has 1 fully saturated rings. The Hall–Kier alpha value is -1.62. The predicted octanol–water partition coefficient (Wildman–Crippen LogP) is 1.67. The molecule has 5 heteroatoms. The fraction of sp³-hybridized carbons (Fsp3) is 0.600. The van der Waals surface area contributed by atoms with Gasteiger partial charge in [0.1, 0.15) is 5.82 Å². The summed E-state index contributed by atoms with van der Waals surface area (Å²) in [6.45, 7) is 5.22. The van der Waals surface area contributed by atoms with Crippen molar-refractivity contribution in [2.24, 2.45) is 0 Å². The van der Waals surface area contributed by atoms with E-state index in [1.54, 1.807) is 11.0 Å². The molecule has 0 radical (unpaired) electrons. The van der Waals surface area contributed by atoms with Crippen LogP contribution >= 0.6 is 0 Å². The smallest absolute Gasteiger partial charge is 0.254 e. The lowest BCUT2D eigenvalue weighted by Gasteiger charge is -2.22. The first-order chi connectivity index (χ1) is 9.69. The van der Waals surface area contributed by atoms with Crippen molar-refractivity contribution in [1.29, 1.82) is 0 Å². The van der Waals surface area contributed by atoms with E-state index in [4.69, 9.17) is 5.11 Å². The zero-order valence-electron chi connectivity index (χ0n) is 12.2. The average molecular weight is 277 g/mol. The lowest BCUT2D eigenvalue weighted by molar-refractivity contribution is 0.0707. The van der Waals surface area contributed by atoms with E-state index in [-0.39, 0.29) is 12.5 Å². The number of aromatic nitrogens is 1. The van der Waals surface area contributed by atoms with Crippen molar-refractivity contribution in [2.45, 2.75) is 39.2 Å². The minimum absolute atomic E-state index is 0.00203. The first-order valence-corrected chi connectivity index (χ1v) is 7.36. The SMILES string of the molecule is CCNc1cc(C(=O)N(CCO)C2CC2)cc(CC)n1. The highest BCUT2D eigenvalue weighted by Gasteiger charge is 2.32. The molecule has 0 bridgehead atoms. The maximum Gasteiger partial charge on any atom is 0.254 e. The van der Waals surface area contributed by atoms with Crippen LogP contribution in [0.15, 0.2) is 12.1 Å². The molecule has 0 saturated heterocycles.